The lowest BCUT2D eigenvalue weighted by molar-refractivity contribution is 0.0290. The fourth-order valence-corrected chi connectivity index (χ4v) is 3.44. The molecule has 0 radical (unpaired) electrons. The Morgan fingerprint density at radius 3 is 2.54 bits per heavy atom. The number of carbonyl (C=O) groups excluding carboxylic acids is 2. The van der Waals surface area contributed by atoms with Crippen LogP contribution in [0.4, 0.5) is 0 Å². The topological polar surface area (TPSA) is 61.8 Å². The van der Waals surface area contributed by atoms with Crippen LogP contribution in [0.25, 0.3) is 0 Å². The predicted molar refractivity (Wildman–Crippen MR) is 91.0 cm³/mol. The minimum atomic E-state index is -1.15. The van der Waals surface area contributed by atoms with Gasteiger partial charge in [0.2, 0.25) is 0 Å². The monoisotopic (exact) mass is 390 g/mol. The maximum Gasteiger partial charge on any atom is 0.340 e. The van der Waals surface area contributed by atoms with Crippen molar-refractivity contribution >= 4 is 27.7 Å². The van der Waals surface area contributed by atoms with Crippen LogP contribution in [0.1, 0.15) is 32.7 Å². The number of rotatable bonds is 5. The number of hydrogen-bond donors (Lipinski definition) is 0. The van der Waals surface area contributed by atoms with Gasteiger partial charge in [0.25, 0.3) is 0 Å². The molecule has 0 spiro atoms. The Bertz CT molecular complexity index is 817. The van der Waals surface area contributed by atoms with Crippen LogP contribution in [0.5, 0.6) is 11.5 Å². The van der Waals surface area contributed by atoms with Gasteiger partial charge < -0.3 is 14.2 Å². The molecule has 6 heteroatoms. The van der Waals surface area contributed by atoms with Crippen molar-refractivity contribution in [3.8, 4) is 11.5 Å². The molecule has 5 nitrogen and oxygen atoms in total. The molecule has 1 unspecified atom stereocenters. The number of Topliss-reactive ketones (excluding diaryl/α,β-unsaturated/α-hetero) is 1. The standard InChI is InChI=1S/C18H15BrO5/c1-22-15-8-7-11(9-16(15)23-2)14(20)10-18(19)13-6-4-3-5-12(13)17(21)24-18/h3-9H,10H2,1-2H3. The average molecular weight is 391 g/mol. The minimum absolute atomic E-state index is 0.0226. The Labute approximate surface area is 147 Å². The molecule has 0 fully saturated rings. The summed E-state index contributed by atoms with van der Waals surface area (Å²) in [7, 11) is 3.04. The maximum atomic E-state index is 12.7. The number of ether oxygens (including phenoxy) is 3. The third kappa shape index (κ3) is 2.78. The van der Waals surface area contributed by atoms with Gasteiger partial charge in [0.1, 0.15) is 0 Å². The second kappa shape index (κ2) is 6.28. The van der Waals surface area contributed by atoms with Crippen LogP contribution >= 0.6 is 15.9 Å². The van der Waals surface area contributed by atoms with Crippen molar-refractivity contribution in [1.82, 2.24) is 0 Å². The van der Waals surface area contributed by atoms with E-state index < -0.39 is 10.5 Å². The van der Waals surface area contributed by atoms with Gasteiger partial charge in [-0.25, -0.2) is 4.79 Å². The quantitative estimate of drug-likeness (QED) is 0.442. The molecule has 0 amide bonds. The number of hydrogen-bond acceptors (Lipinski definition) is 5. The van der Waals surface area contributed by atoms with E-state index in [0.29, 0.717) is 28.2 Å². The number of esters is 1. The smallest absolute Gasteiger partial charge is 0.340 e. The van der Waals surface area contributed by atoms with Gasteiger partial charge in [0.05, 0.1) is 26.2 Å². The van der Waals surface area contributed by atoms with Crippen molar-refractivity contribution in [2.24, 2.45) is 0 Å². The molecule has 0 aromatic heterocycles. The molecule has 1 aliphatic heterocycles. The zero-order valence-electron chi connectivity index (χ0n) is 13.2. The summed E-state index contributed by atoms with van der Waals surface area (Å²) < 4.78 is 14.7. The van der Waals surface area contributed by atoms with E-state index >= 15 is 0 Å². The SMILES string of the molecule is COc1ccc(C(=O)CC2(Br)OC(=O)c3ccccc32)cc1OC. The van der Waals surface area contributed by atoms with Crippen LogP contribution < -0.4 is 9.47 Å². The van der Waals surface area contributed by atoms with Gasteiger partial charge in [-0.05, 0) is 40.2 Å². The van der Waals surface area contributed by atoms with Crippen LogP contribution in [0.15, 0.2) is 42.5 Å². The summed E-state index contributed by atoms with van der Waals surface area (Å²) in [6, 6.07) is 12.0. The Balaban J connectivity index is 1.89. The summed E-state index contributed by atoms with van der Waals surface area (Å²) in [5.74, 6) is 0.385. The first-order valence-electron chi connectivity index (χ1n) is 7.25. The minimum Gasteiger partial charge on any atom is -0.493 e. The molecule has 2 aromatic rings. The summed E-state index contributed by atoms with van der Waals surface area (Å²) in [5.41, 5.74) is 1.57. The molecule has 0 aliphatic carbocycles. The predicted octanol–water partition coefficient (Wildman–Crippen LogP) is 3.69. The molecule has 0 saturated heterocycles. The van der Waals surface area contributed by atoms with Crippen LogP contribution in [0, 0.1) is 0 Å². The molecule has 24 heavy (non-hydrogen) atoms. The number of ketones is 1. The van der Waals surface area contributed by atoms with Crippen molar-refractivity contribution in [3.63, 3.8) is 0 Å². The van der Waals surface area contributed by atoms with Crippen LogP contribution in [0.2, 0.25) is 0 Å². The molecule has 1 heterocycles. The van der Waals surface area contributed by atoms with Crippen molar-refractivity contribution in [3.05, 3.63) is 59.2 Å². The van der Waals surface area contributed by atoms with Gasteiger partial charge in [-0.1, -0.05) is 18.2 Å². The van der Waals surface area contributed by atoms with Gasteiger partial charge >= 0.3 is 5.97 Å². The molecular weight excluding hydrogens is 376 g/mol. The van der Waals surface area contributed by atoms with E-state index in [1.165, 1.54) is 14.2 Å². The first-order chi connectivity index (χ1) is 11.5. The van der Waals surface area contributed by atoms with Crippen LogP contribution in [-0.2, 0) is 9.25 Å². The number of cyclic esters (lactones) is 1. The molecule has 2 aromatic carbocycles. The van der Waals surface area contributed by atoms with Gasteiger partial charge in [-0.15, -0.1) is 0 Å². The van der Waals surface area contributed by atoms with Gasteiger partial charge in [0, 0.05) is 11.1 Å². The first-order valence-corrected chi connectivity index (χ1v) is 8.05. The van der Waals surface area contributed by atoms with Gasteiger partial charge in [-0.2, -0.15) is 0 Å². The molecular formula is C18H15BrO5. The second-order valence-electron chi connectivity index (χ2n) is 5.33. The number of benzene rings is 2. The Kier molecular flexibility index (Phi) is 4.32. The van der Waals surface area contributed by atoms with Crippen molar-refractivity contribution in [2.75, 3.05) is 14.2 Å². The highest BCUT2D eigenvalue weighted by molar-refractivity contribution is 9.09. The zero-order chi connectivity index (χ0) is 17.3. The maximum absolute atomic E-state index is 12.7. The summed E-state index contributed by atoms with van der Waals surface area (Å²) in [6.07, 6.45) is -0.0226. The number of halogens is 1. The highest BCUT2D eigenvalue weighted by atomic mass is 79.9. The van der Waals surface area contributed by atoms with Crippen LogP contribution in [0.3, 0.4) is 0 Å². The summed E-state index contributed by atoms with van der Waals surface area (Å²) in [5, 5.41) is 0. The molecule has 0 bridgehead atoms. The molecule has 1 aliphatic rings. The Morgan fingerprint density at radius 1 is 1.12 bits per heavy atom. The lowest BCUT2D eigenvalue weighted by Crippen LogP contribution is -2.22. The van der Waals surface area contributed by atoms with E-state index in [9.17, 15) is 9.59 Å². The van der Waals surface area contributed by atoms with Crippen molar-refractivity contribution in [1.29, 1.82) is 0 Å². The third-order valence-corrected chi connectivity index (χ3v) is 4.77. The lowest BCUT2D eigenvalue weighted by atomic mass is 9.98. The lowest BCUT2D eigenvalue weighted by Gasteiger charge is -2.21. The van der Waals surface area contributed by atoms with E-state index in [0.717, 1.165) is 0 Å². The van der Waals surface area contributed by atoms with Crippen molar-refractivity contribution < 1.29 is 23.8 Å². The van der Waals surface area contributed by atoms with E-state index in [-0.39, 0.29) is 12.2 Å². The largest absolute Gasteiger partial charge is 0.493 e. The fourth-order valence-electron chi connectivity index (χ4n) is 2.69. The average Bonchev–Trinajstić information content (AvgIpc) is 2.85. The van der Waals surface area contributed by atoms with Gasteiger partial charge in [-0.3, -0.25) is 4.79 Å². The number of fused-ring (bicyclic) bond motifs is 1. The molecule has 0 N–H and O–H groups in total. The molecule has 1 atom stereocenters. The number of alkyl halides is 1. The second-order valence-corrected chi connectivity index (χ2v) is 6.61. The fraction of sp³-hybridized carbons (Fsp3) is 0.222. The molecule has 124 valence electrons. The summed E-state index contributed by atoms with van der Waals surface area (Å²) >= 11 is 3.43. The summed E-state index contributed by atoms with van der Waals surface area (Å²) in [4.78, 5) is 24.7. The van der Waals surface area contributed by atoms with E-state index in [2.05, 4.69) is 15.9 Å². The van der Waals surface area contributed by atoms with Gasteiger partial charge in [0.15, 0.2) is 21.8 Å². The van der Waals surface area contributed by atoms with Crippen molar-refractivity contribution in [2.45, 2.75) is 10.9 Å². The highest BCUT2D eigenvalue weighted by Crippen LogP contribution is 2.45. The highest BCUT2D eigenvalue weighted by Gasteiger charge is 2.44. The normalized spacial score (nSPS) is 18.7. The van der Waals surface area contributed by atoms with E-state index in [1.54, 1.807) is 42.5 Å². The summed E-state index contributed by atoms with van der Waals surface area (Å²) in [6.45, 7) is 0. The number of carbonyl (C=O) groups is 2. The first kappa shape index (κ1) is 16.5. The molecule has 3 rings (SSSR count). The number of methoxy groups -OCH3 is 2. The van der Waals surface area contributed by atoms with E-state index in [1.807, 2.05) is 0 Å². The van der Waals surface area contributed by atoms with Crippen LogP contribution in [-0.4, -0.2) is 26.0 Å². The molecule has 0 saturated carbocycles. The zero-order valence-corrected chi connectivity index (χ0v) is 14.8. The Hall–Kier alpha value is -2.34. The Morgan fingerprint density at radius 2 is 1.83 bits per heavy atom. The third-order valence-electron chi connectivity index (χ3n) is 3.90. The van der Waals surface area contributed by atoms with E-state index in [4.69, 9.17) is 14.2 Å².